The summed E-state index contributed by atoms with van der Waals surface area (Å²) in [5, 5.41) is 1.08. The van der Waals surface area contributed by atoms with E-state index in [4.69, 9.17) is 14.2 Å². The molecule has 1 unspecified atom stereocenters. The van der Waals surface area contributed by atoms with Crippen LogP contribution in [0.1, 0.15) is 28.3 Å². The van der Waals surface area contributed by atoms with Crippen LogP contribution in [0, 0.1) is 11.8 Å². The molecule has 2 heterocycles. The summed E-state index contributed by atoms with van der Waals surface area (Å²) in [6.45, 7) is 0.266. The molecule has 0 spiro atoms. The number of H-pyrrole nitrogens is 1. The zero-order valence-electron chi connectivity index (χ0n) is 21.0. The molecule has 1 saturated heterocycles. The SMILES string of the molecule is COc1cc(C2c3[nH]c4ccccc4c3C[C@H]3C(=O)N(Cc4ccccc4)C(=O)[C@@H]23)cc(OC)c1OC. The van der Waals surface area contributed by atoms with Gasteiger partial charge in [0.1, 0.15) is 0 Å². The van der Waals surface area contributed by atoms with Gasteiger partial charge in [-0.25, -0.2) is 0 Å². The Kier molecular flexibility index (Phi) is 5.63. The fourth-order valence-electron chi connectivity index (χ4n) is 6.09. The molecule has 0 saturated carbocycles. The van der Waals surface area contributed by atoms with E-state index < -0.39 is 11.8 Å². The van der Waals surface area contributed by atoms with E-state index in [0.717, 1.165) is 33.3 Å². The number of carbonyl (C=O) groups excluding carboxylic acids is 2. The maximum absolute atomic E-state index is 14.0. The molecule has 3 atom stereocenters. The number of nitrogens with zero attached hydrogens (tertiary/aromatic N) is 1. The van der Waals surface area contributed by atoms with Crippen molar-refractivity contribution in [1.29, 1.82) is 0 Å². The predicted molar refractivity (Wildman–Crippen MR) is 139 cm³/mol. The van der Waals surface area contributed by atoms with Crippen molar-refractivity contribution in [3.63, 3.8) is 0 Å². The number of hydrogen-bond acceptors (Lipinski definition) is 5. The van der Waals surface area contributed by atoms with Crippen molar-refractivity contribution in [1.82, 2.24) is 9.88 Å². The van der Waals surface area contributed by atoms with Crippen LogP contribution in [-0.2, 0) is 22.6 Å². The first-order valence-electron chi connectivity index (χ1n) is 12.3. The highest BCUT2D eigenvalue weighted by atomic mass is 16.5. The summed E-state index contributed by atoms with van der Waals surface area (Å²) >= 11 is 0. The van der Waals surface area contributed by atoms with E-state index in [-0.39, 0.29) is 24.3 Å². The topological polar surface area (TPSA) is 80.9 Å². The second-order valence-corrected chi connectivity index (χ2v) is 9.58. The summed E-state index contributed by atoms with van der Waals surface area (Å²) in [7, 11) is 4.71. The van der Waals surface area contributed by atoms with E-state index in [1.807, 2.05) is 60.7 Å². The van der Waals surface area contributed by atoms with Crippen LogP contribution < -0.4 is 14.2 Å². The van der Waals surface area contributed by atoms with Gasteiger partial charge in [0.15, 0.2) is 11.5 Å². The van der Waals surface area contributed by atoms with E-state index in [0.29, 0.717) is 23.7 Å². The maximum atomic E-state index is 14.0. The molecule has 7 heteroatoms. The molecule has 4 aromatic rings. The lowest BCUT2D eigenvalue weighted by Crippen LogP contribution is -2.33. The number of para-hydroxylation sites is 1. The van der Waals surface area contributed by atoms with Gasteiger partial charge in [0.25, 0.3) is 0 Å². The highest BCUT2D eigenvalue weighted by Crippen LogP contribution is 2.52. The van der Waals surface area contributed by atoms with Crippen LogP contribution in [0.5, 0.6) is 17.2 Å². The number of likely N-dealkylation sites (tertiary alicyclic amines) is 1. The van der Waals surface area contributed by atoms with Crippen molar-refractivity contribution >= 4 is 22.7 Å². The van der Waals surface area contributed by atoms with Gasteiger partial charge in [-0.1, -0.05) is 48.5 Å². The number of carbonyl (C=O) groups is 2. The zero-order chi connectivity index (χ0) is 25.7. The summed E-state index contributed by atoms with van der Waals surface area (Å²) in [6, 6.07) is 21.5. The molecule has 37 heavy (non-hydrogen) atoms. The van der Waals surface area contributed by atoms with Crippen molar-refractivity contribution < 1.29 is 23.8 Å². The molecule has 1 N–H and O–H groups in total. The predicted octanol–water partition coefficient (Wildman–Crippen LogP) is 4.68. The van der Waals surface area contributed by atoms with Crippen LogP contribution in [-0.4, -0.2) is 43.0 Å². The van der Waals surface area contributed by atoms with Crippen LogP contribution in [0.15, 0.2) is 66.7 Å². The molecular formula is C30H28N2O5. The summed E-state index contributed by atoms with van der Waals surface area (Å²) in [6.07, 6.45) is 0.515. The van der Waals surface area contributed by atoms with Gasteiger partial charge in [-0.05, 0) is 41.3 Å². The minimum Gasteiger partial charge on any atom is -0.493 e. The van der Waals surface area contributed by atoms with E-state index >= 15 is 0 Å². The number of nitrogens with one attached hydrogen (secondary N) is 1. The molecule has 1 fully saturated rings. The molecule has 2 aliphatic rings. The zero-order valence-corrected chi connectivity index (χ0v) is 21.0. The third-order valence-corrected chi connectivity index (χ3v) is 7.74. The minimum absolute atomic E-state index is 0.118. The monoisotopic (exact) mass is 496 g/mol. The Hall–Kier alpha value is -4.26. The number of methoxy groups -OCH3 is 3. The first-order valence-corrected chi connectivity index (χ1v) is 12.3. The van der Waals surface area contributed by atoms with Crippen molar-refractivity contribution in [2.75, 3.05) is 21.3 Å². The number of benzene rings is 3. The number of aromatic amines is 1. The lowest BCUT2D eigenvalue weighted by atomic mass is 9.69. The maximum Gasteiger partial charge on any atom is 0.234 e. The van der Waals surface area contributed by atoms with Gasteiger partial charge in [-0.2, -0.15) is 0 Å². The molecule has 7 nitrogen and oxygen atoms in total. The Morgan fingerprint density at radius 1 is 0.865 bits per heavy atom. The summed E-state index contributed by atoms with van der Waals surface area (Å²) in [5.41, 5.74) is 4.79. The molecule has 3 aromatic carbocycles. The van der Waals surface area contributed by atoms with Gasteiger partial charge < -0.3 is 19.2 Å². The molecule has 0 radical (unpaired) electrons. The summed E-state index contributed by atoms with van der Waals surface area (Å²) in [4.78, 5) is 32.8. The first kappa shape index (κ1) is 23.2. The number of imide groups is 1. The number of ether oxygens (including phenoxy) is 3. The Bertz CT molecular complexity index is 1480. The van der Waals surface area contributed by atoms with Gasteiger partial charge in [-0.3, -0.25) is 14.5 Å². The lowest BCUT2D eigenvalue weighted by Gasteiger charge is -2.32. The summed E-state index contributed by atoms with van der Waals surface area (Å²) < 4.78 is 16.8. The molecule has 6 rings (SSSR count). The summed E-state index contributed by atoms with van der Waals surface area (Å²) in [5.74, 6) is -0.144. The number of fused-ring (bicyclic) bond motifs is 4. The fraction of sp³-hybridized carbons (Fsp3) is 0.267. The Balaban J connectivity index is 1.53. The Morgan fingerprint density at radius 2 is 1.54 bits per heavy atom. The van der Waals surface area contributed by atoms with Crippen molar-refractivity contribution in [3.8, 4) is 17.2 Å². The third-order valence-electron chi connectivity index (χ3n) is 7.74. The van der Waals surface area contributed by atoms with Crippen molar-refractivity contribution in [3.05, 3.63) is 89.1 Å². The number of aromatic nitrogens is 1. The standard InChI is InChI=1S/C30H28N2O5/c1-35-23-13-18(14-24(36-2)28(23)37-3)25-26-21(15-20-19-11-7-8-12-22(19)31-27(20)25)29(33)32(30(26)34)16-17-9-5-4-6-10-17/h4-14,21,25-26,31H,15-16H2,1-3H3/t21-,25?,26-/m1/s1. The second kappa shape index (κ2) is 9.00. The fourth-order valence-corrected chi connectivity index (χ4v) is 6.09. The van der Waals surface area contributed by atoms with Crippen LogP contribution in [0.3, 0.4) is 0 Å². The quantitative estimate of drug-likeness (QED) is 0.392. The molecular weight excluding hydrogens is 468 g/mol. The minimum atomic E-state index is -0.542. The van der Waals surface area contributed by atoms with Gasteiger partial charge in [-0.15, -0.1) is 0 Å². The van der Waals surface area contributed by atoms with Gasteiger partial charge >= 0.3 is 0 Å². The molecule has 2 amide bonds. The average Bonchev–Trinajstić information content (AvgIpc) is 3.42. The van der Waals surface area contributed by atoms with Crippen LogP contribution in [0.2, 0.25) is 0 Å². The molecule has 188 valence electrons. The number of amides is 2. The van der Waals surface area contributed by atoms with Crippen LogP contribution >= 0.6 is 0 Å². The van der Waals surface area contributed by atoms with E-state index in [1.54, 1.807) is 21.3 Å². The first-order chi connectivity index (χ1) is 18.0. The average molecular weight is 497 g/mol. The second-order valence-electron chi connectivity index (χ2n) is 9.58. The molecule has 1 aliphatic carbocycles. The van der Waals surface area contributed by atoms with Gasteiger partial charge in [0.2, 0.25) is 17.6 Å². The Morgan fingerprint density at radius 3 is 2.22 bits per heavy atom. The highest BCUT2D eigenvalue weighted by molar-refractivity contribution is 6.07. The number of rotatable bonds is 6. The Labute approximate surface area is 214 Å². The third kappa shape index (κ3) is 3.56. The smallest absolute Gasteiger partial charge is 0.234 e. The van der Waals surface area contributed by atoms with E-state index in [1.165, 1.54) is 4.90 Å². The van der Waals surface area contributed by atoms with Crippen LogP contribution in [0.25, 0.3) is 10.9 Å². The normalized spacial score (nSPS) is 20.6. The largest absolute Gasteiger partial charge is 0.493 e. The van der Waals surface area contributed by atoms with Crippen molar-refractivity contribution in [2.24, 2.45) is 11.8 Å². The van der Waals surface area contributed by atoms with Crippen LogP contribution in [0.4, 0.5) is 0 Å². The molecule has 1 aromatic heterocycles. The highest BCUT2D eigenvalue weighted by Gasteiger charge is 2.55. The van der Waals surface area contributed by atoms with E-state index in [2.05, 4.69) is 11.1 Å². The lowest BCUT2D eigenvalue weighted by molar-refractivity contribution is -0.140. The van der Waals surface area contributed by atoms with E-state index in [9.17, 15) is 9.59 Å². The van der Waals surface area contributed by atoms with Gasteiger partial charge in [0, 0.05) is 22.5 Å². The molecule has 1 aliphatic heterocycles. The van der Waals surface area contributed by atoms with Crippen molar-refractivity contribution in [2.45, 2.75) is 18.9 Å². The van der Waals surface area contributed by atoms with Gasteiger partial charge in [0.05, 0.1) is 39.7 Å². The number of hydrogen-bond donors (Lipinski definition) is 1. The molecule has 0 bridgehead atoms.